The molecule has 3 heterocycles. The maximum Gasteiger partial charge on any atom is 0.350 e. The first-order valence-electron chi connectivity index (χ1n) is 11.8. The highest BCUT2D eigenvalue weighted by molar-refractivity contribution is 7.17. The fraction of sp³-hybridized carbons (Fsp3) is 0.360. The molecule has 1 saturated carbocycles. The number of benzene rings is 1. The van der Waals surface area contributed by atoms with Gasteiger partial charge in [-0.3, -0.25) is 4.79 Å². The molecule has 0 aliphatic heterocycles. The lowest BCUT2D eigenvalue weighted by molar-refractivity contribution is -0.122. The third kappa shape index (κ3) is 4.92. The summed E-state index contributed by atoms with van der Waals surface area (Å²) in [7, 11) is 0. The van der Waals surface area contributed by atoms with Crippen molar-refractivity contribution in [3.63, 3.8) is 0 Å². The van der Waals surface area contributed by atoms with Gasteiger partial charge in [0.25, 0.3) is 0 Å². The van der Waals surface area contributed by atoms with Crippen LogP contribution < -0.4 is 10.6 Å². The number of rotatable bonds is 8. The number of pyridine rings is 1. The van der Waals surface area contributed by atoms with Gasteiger partial charge in [-0.15, -0.1) is 0 Å². The number of hydrogen-bond donors (Lipinski definition) is 2. The van der Waals surface area contributed by atoms with Crippen LogP contribution in [0.1, 0.15) is 47.4 Å². The SMILES string of the molecule is CCCOC(=O)c1sc(NC(=O)[C@H]2C[C@@H](Nc3nccc4ccc(-c5noc(C)n5)cc34)C2)nc1C. The highest BCUT2D eigenvalue weighted by Crippen LogP contribution is 2.34. The van der Waals surface area contributed by atoms with Gasteiger partial charge < -0.3 is 19.9 Å². The minimum absolute atomic E-state index is 0.101. The Morgan fingerprint density at radius 1 is 1.19 bits per heavy atom. The summed E-state index contributed by atoms with van der Waals surface area (Å²) in [5.41, 5.74) is 1.40. The summed E-state index contributed by atoms with van der Waals surface area (Å²) in [6.45, 7) is 5.79. The van der Waals surface area contributed by atoms with Crippen LogP contribution in [0.25, 0.3) is 22.2 Å². The van der Waals surface area contributed by atoms with Gasteiger partial charge in [0, 0.05) is 36.0 Å². The maximum atomic E-state index is 12.7. The number of nitrogens with one attached hydrogen (secondary N) is 2. The summed E-state index contributed by atoms with van der Waals surface area (Å²) in [6.07, 6.45) is 3.85. The zero-order valence-corrected chi connectivity index (χ0v) is 21.0. The summed E-state index contributed by atoms with van der Waals surface area (Å²) in [4.78, 5) is 38.5. The lowest BCUT2D eigenvalue weighted by Crippen LogP contribution is -2.42. The molecule has 0 unspecified atom stereocenters. The van der Waals surface area contributed by atoms with Crippen LogP contribution >= 0.6 is 11.3 Å². The zero-order valence-electron chi connectivity index (χ0n) is 20.2. The molecule has 0 atom stereocenters. The van der Waals surface area contributed by atoms with E-state index in [2.05, 4.69) is 30.7 Å². The molecule has 10 nitrogen and oxygen atoms in total. The number of ether oxygens (including phenoxy) is 1. The van der Waals surface area contributed by atoms with E-state index in [1.165, 1.54) is 0 Å². The van der Waals surface area contributed by atoms with Crippen LogP contribution in [0.4, 0.5) is 10.9 Å². The van der Waals surface area contributed by atoms with E-state index >= 15 is 0 Å². The second-order valence-electron chi connectivity index (χ2n) is 8.80. The Morgan fingerprint density at radius 3 is 2.78 bits per heavy atom. The molecule has 1 fully saturated rings. The van der Waals surface area contributed by atoms with Gasteiger partial charge in [0.15, 0.2) is 5.13 Å². The number of carbonyl (C=O) groups excluding carboxylic acids is 2. The minimum atomic E-state index is -0.402. The van der Waals surface area contributed by atoms with Gasteiger partial charge >= 0.3 is 5.97 Å². The lowest BCUT2D eigenvalue weighted by Gasteiger charge is -2.35. The van der Waals surface area contributed by atoms with Crippen molar-refractivity contribution in [1.82, 2.24) is 20.1 Å². The highest BCUT2D eigenvalue weighted by atomic mass is 32.1. The van der Waals surface area contributed by atoms with Crippen molar-refractivity contribution in [2.45, 2.75) is 46.1 Å². The van der Waals surface area contributed by atoms with Crippen LogP contribution in [-0.4, -0.2) is 44.6 Å². The first kappa shape index (κ1) is 23.9. The lowest BCUT2D eigenvalue weighted by atomic mass is 9.79. The molecule has 0 bridgehead atoms. The number of carbonyl (C=O) groups is 2. The number of nitrogens with zero attached hydrogens (tertiary/aromatic N) is 4. The largest absolute Gasteiger partial charge is 0.461 e. The topological polar surface area (TPSA) is 132 Å². The third-order valence-corrected chi connectivity index (χ3v) is 7.10. The maximum absolute atomic E-state index is 12.7. The monoisotopic (exact) mass is 506 g/mol. The average molecular weight is 507 g/mol. The molecule has 3 aromatic heterocycles. The molecule has 186 valence electrons. The zero-order chi connectivity index (χ0) is 25.2. The van der Waals surface area contributed by atoms with Crippen LogP contribution in [0, 0.1) is 19.8 Å². The quantitative estimate of drug-likeness (QED) is 0.325. The number of aromatic nitrogens is 4. The van der Waals surface area contributed by atoms with Crippen LogP contribution in [0.2, 0.25) is 0 Å². The van der Waals surface area contributed by atoms with Gasteiger partial charge in [0.2, 0.25) is 17.6 Å². The van der Waals surface area contributed by atoms with E-state index in [0.29, 0.717) is 46.9 Å². The van der Waals surface area contributed by atoms with Crippen LogP contribution in [0.3, 0.4) is 0 Å². The average Bonchev–Trinajstić information content (AvgIpc) is 3.44. The summed E-state index contributed by atoms with van der Waals surface area (Å²) >= 11 is 1.14. The van der Waals surface area contributed by atoms with Crippen LogP contribution in [-0.2, 0) is 9.53 Å². The van der Waals surface area contributed by atoms with E-state index in [1.807, 2.05) is 31.2 Å². The van der Waals surface area contributed by atoms with Crippen molar-refractivity contribution < 1.29 is 18.8 Å². The van der Waals surface area contributed by atoms with Gasteiger partial charge in [0.05, 0.1) is 12.3 Å². The molecule has 0 saturated heterocycles. The number of fused-ring (bicyclic) bond motifs is 1. The Balaban J connectivity index is 1.21. The second kappa shape index (κ2) is 10.0. The molecule has 5 rings (SSSR count). The van der Waals surface area contributed by atoms with Gasteiger partial charge in [-0.2, -0.15) is 4.98 Å². The number of thiazole rings is 1. The van der Waals surface area contributed by atoms with Crippen molar-refractivity contribution in [1.29, 1.82) is 0 Å². The number of hydrogen-bond acceptors (Lipinski definition) is 10. The molecule has 0 radical (unpaired) electrons. The van der Waals surface area contributed by atoms with Crippen LogP contribution in [0.15, 0.2) is 35.0 Å². The molecule has 1 amide bonds. The van der Waals surface area contributed by atoms with Crippen LogP contribution in [0.5, 0.6) is 0 Å². The van der Waals surface area contributed by atoms with Gasteiger partial charge in [-0.1, -0.05) is 35.5 Å². The van der Waals surface area contributed by atoms with Crippen molar-refractivity contribution >= 4 is 44.9 Å². The number of aryl methyl sites for hydroxylation is 2. The smallest absolute Gasteiger partial charge is 0.350 e. The molecule has 2 N–H and O–H groups in total. The Hall–Kier alpha value is -3.86. The normalized spacial score (nSPS) is 17.0. The second-order valence-corrected chi connectivity index (χ2v) is 9.80. The van der Waals surface area contributed by atoms with Crippen molar-refractivity contribution in [2.24, 2.45) is 5.92 Å². The van der Waals surface area contributed by atoms with Crippen molar-refractivity contribution in [3.05, 3.63) is 46.9 Å². The Morgan fingerprint density at radius 2 is 2.03 bits per heavy atom. The molecule has 36 heavy (non-hydrogen) atoms. The summed E-state index contributed by atoms with van der Waals surface area (Å²) < 4.78 is 10.3. The predicted octanol–water partition coefficient (Wildman–Crippen LogP) is 4.75. The Labute approximate surface area is 211 Å². The summed E-state index contributed by atoms with van der Waals surface area (Å²) in [5.74, 6) is 1.15. The molecule has 4 aromatic rings. The molecular formula is C25H26N6O4S. The third-order valence-electron chi connectivity index (χ3n) is 6.05. The Kier molecular flexibility index (Phi) is 6.64. The first-order valence-corrected chi connectivity index (χ1v) is 12.6. The van der Waals surface area contributed by atoms with E-state index in [4.69, 9.17) is 9.26 Å². The number of amides is 1. The number of anilines is 2. The van der Waals surface area contributed by atoms with Crippen molar-refractivity contribution in [2.75, 3.05) is 17.2 Å². The van der Waals surface area contributed by atoms with E-state index in [9.17, 15) is 9.59 Å². The standard InChI is InChI=1S/C25H26N6O4S/c1-4-9-34-24(33)20-13(2)27-25(36-20)30-23(32)17-10-18(11-17)29-22-19-12-16(21-28-14(3)35-31-21)6-5-15(19)7-8-26-22/h5-8,12,17-18H,4,9-11H2,1-3H3,(H,26,29)(H,27,30,32)/t17-,18+. The van der Waals surface area contributed by atoms with Gasteiger partial charge in [-0.25, -0.2) is 14.8 Å². The first-order chi connectivity index (χ1) is 17.4. The molecule has 1 aliphatic rings. The van der Waals surface area contributed by atoms with Gasteiger partial charge in [-0.05, 0) is 43.7 Å². The molecule has 0 spiro atoms. The highest BCUT2D eigenvalue weighted by Gasteiger charge is 2.35. The Bertz CT molecular complexity index is 1430. The predicted molar refractivity (Wildman–Crippen MR) is 136 cm³/mol. The number of esters is 1. The van der Waals surface area contributed by atoms with E-state index in [1.54, 1.807) is 20.0 Å². The van der Waals surface area contributed by atoms with Crippen molar-refractivity contribution in [3.8, 4) is 11.4 Å². The molecule has 11 heteroatoms. The molecule has 1 aromatic carbocycles. The van der Waals surface area contributed by atoms with Gasteiger partial charge in [0.1, 0.15) is 10.7 Å². The van der Waals surface area contributed by atoms with E-state index < -0.39 is 5.97 Å². The molecular weight excluding hydrogens is 480 g/mol. The van der Waals surface area contributed by atoms with E-state index in [0.717, 1.165) is 39.9 Å². The fourth-order valence-corrected chi connectivity index (χ4v) is 4.95. The fourth-order valence-electron chi connectivity index (χ4n) is 4.09. The minimum Gasteiger partial charge on any atom is -0.461 e. The summed E-state index contributed by atoms with van der Waals surface area (Å²) in [6, 6.07) is 8.02. The van der Waals surface area contributed by atoms with E-state index in [-0.39, 0.29) is 17.9 Å². The molecule has 1 aliphatic carbocycles. The summed E-state index contributed by atoms with van der Waals surface area (Å²) in [5, 5.41) is 12.7.